The lowest BCUT2D eigenvalue weighted by Crippen LogP contribution is -2.47. The molecule has 0 radical (unpaired) electrons. The molecule has 2 aliphatic rings. The van der Waals surface area contributed by atoms with Crippen LogP contribution in [0.25, 0.3) is 0 Å². The first-order valence-corrected chi connectivity index (χ1v) is 10.7. The molecule has 2 aliphatic heterocycles. The van der Waals surface area contributed by atoms with E-state index in [1.807, 2.05) is 23.1 Å². The zero-order valence-electron chi connectivity index (χ0n) is 17.3. The molecule has 0 unspecified atom stereocenters. The van der Waals surface area contributed by atoms with E-state index < -0.39 is 0 Å². The highest BCUT2D eigenvalue weighted by molar-refractivity contribution is 5.74. The second-order valence-corrected chi connectivity index (χ2v) is 8.32. The number of aromatic nitrogens is 3. The molecule has 0 saturated carbocycles. The minimum atomic E-state index is 0.0731. The summed E-state index contributed by atoms with van der Waals surface area (Å²) >= 11 is 0. The topological polar surface area (TPSA) is 72.3 Å². The summed E-state index contributed by atoms with van der Waals surface area (Å²) in [5.74, 6) is 2.00. The zero-order valence-corrected chi connectivity index (χ0v) is 17.3. The van der Waals surface area contributed by atoms with E-state index in [1.54, 1.807) is 7.11 Å². The number of urea groups is 1. The zero-order chi connectivity index (χ0) is 20.1. The summed E-state index contributed by atoms with van der Waals surface area (Å²) in [5.41, 5.74) is 1.56. The lowest BCUT2D eigenvalue weighted by atomic mass is 9.73. The van der Waals surface area contributed by atoms with E-state index in [1.165, 1.54) is 5.56 Å². The van der Waals surface area contributed by atoms with Crippen LogP contribution >= 0.6 is 0 Å². The number of hydrogen-bond acceptors (Lipinski definition) is 4. The number of hydrogen-bond donors (Lipinski definition) is 1. The van der Waals surface area contributed by atoms with E-state index >= 15 is 0 Å². The van der Waals surface area contributed by atoms with Crippen molar-refractivity contribution >= 4 is 6.03 Å². The summed E-state index contributed by atoms with van der Waals surface area (Å²) in [6, 6.07) is 10.4. The number of methoxy groups -OCH3 is 1. The van der Waals surface area contributed by atoms with Gasteiger partial charge < -0.3 is 19.5 Å². The highest BCUT2D eigenvalue weighted by atomic mass is 16.5. The van der Waals surface area contributed by atoms with Crippen LogP contribution in [-0.2, 0) is 30.7 Å². The van der Waals surface area contributed by atoms with E-state index in [4.69, 9.17) is 4.74 Å². The molecule has 2 amide bonds. The molecule has 0 aliphatic carbocycles. The van der Waals surface area contributed by atoms with Crippen molar-refractivity contribution in [3.05, 3.63) is 47.5 Å². The van der Waals surface area contributed by atoms with Gasteiger partial charge in [0.15, 0.2) is 5.82 Å². The van der Waals surface area contributed by atoms with Gasteiger partial charge in [-0.2, -0.15) is 0 Å². The molecule has 2 aromatic rings. The summed E-state index contributed by atoms with van der Waals surface area (Å²) in [6.07, 6.45) is 6.21. The molecular weight excluding hydrogens is 366 g/mol. The Morgan fingerprint density at radius 1 is 1.10 bits per heavy atom. The Kier molecular flexibility index (Phi) is 6.13. The SMILES string of the molecule is COCc1nnc2n1CCC1(CC2)CCN(C(=O)NCCc2ccccc2)CC1. The van der Waals surface area contributed by atoms with Gasteiger partial charge in [-0.25, -0.2) is 4.79 Å². The van der Waals surface area contributed by atoms with Crippen molar-refractivity contribution in [2.45, 2.75) is 51.7 Å². The van der Waals surface area contributed by atoms with E-state index in [0.29, 0.717) is 18.6 Å². The van der Waals surface area contributed by atoms with E-state index in [0.717, 1.165) is 69.8 Å². The van der Waals surface area contributed by atoms with Gasteiger partial charge in [-0.3, -0.25) is 0 Å². The second kappa shape index (κ2) is 8.95. The highest BCUT2D eigenvalue weighted by Gasteiger charge is 2.37. The van der Waals surface area contributed by atoms with Gasteiger partial charge >= 0.3 is 6.03 Å². The first kappa shape index (κ1) is 19.9. The molecule has 4 rings (SSSR count). The van der Waals surface area contributed by atoms with Crippen LogP contribution in [0.3, 0.4) is 0 Å². The van der Waals surface area contributed by atoms with Crippen LogP contribution in [0.1, 0.15) is 42.9 Å². The number of carbonyl (C=O) groups is 1. The maximum absolute atomic E-state index is 12.6. The molecule has 1 saturated heterocycles. The third kappa shape index (κ3) is 4.61. The van der Waals surface area contributed by atoms with Gasteiger partial charge in [0.1, 0.15) is 12.4 Å². The maximum atomic E-state index is 12.6. The number of nitrogens with zero attached hydrogens (tertiary/aromatic N) is 4. The molecule has 29 heavy (non-hydrogen) atoms. The fourth-order valence-electron chi connectivity index (χ4n) is 4.66. The van der Waals surface area contributed by atoms with Gasteiger partial charge in [-0.1, -0.05) is 30.3 Å². The lowest BCUT2D eigenvalue weighted by molar-refractivity contribution is 0.0999. The van der Waals surface area contributed by atoms with Crippen molar-refractivity contribution < 1.29 is 9.53 Å². The number of benzene rings is 1. The molecule has 1 aromatic carbocycles. The predicted octanol–water partition coefficient (Wildman–Crippen LogP) is 2.80. The summed E-state index contributed by atoms with van der Waals surface area (Å²) in [5, 5.41) is 11.7. The third-order valence-electron chi connectivity index (χ3n) is 6.57. The van der Waals surface area contributed by atoms with Crippen molar-refractivity contribution in [1.82, 2.24) is 25.0 Å². The minimum Gasteiger partial charge on any atom is -0.377 e. The molecular formula is C22H31N5O2. The van der Waals surface area contributed by atoms with Crippen LogP contribution in [0, 0.1) is 5.41 Å². The van der Waals surface area contributed by atoms with Crippen LogP contribution < -0.4 is 5.32 Å². The maximum Gasteiger partial charge on any atom is 0.317 e. The van der Waals surface area contributed by atoms with Crippen molar-refractivity contribution in [2.24, 2.45) is 5.41 Å². The van der Waals surface area contributed by atoms with Gasteiger partial charge in [0.05, 0.1) is 0 Å². The Morgan fingerprint density at radius 2 is 1.86 bits per heavy atom. The fraction of sp³-hybridized carbons (Fsp3) is 0.591. The number of nitrogens with one attached hydrogen (secondary N) is 1. The minimum absolute atomic E-state index is 0.0731. The number of rotatable bonds is 5. The number of likely N-dealkylation sites (tertiary alicyclic amines) is 1. The van der Waals surface area contributed by atoms with Crippen molar-refractivity contribution in [1.29, 1.82) is 0 Å². The standard InChI is InChI=1S/C22H31N5O2/c1-29-17-20-25-24-19-7-9-22(12-16-27(19)20)10-14-26(15-11-22)21(28)23-13-8-18-5-3-2-4-6-18/h2-6H,7-17H2,1H3,(H,23,28). The van der Waals surface area contributed by atoms with Crippen LogP contribution in [-0.4, -0.2) is 52.4 Å². The molecule has 156 valence electrons. The third-order valence-corrected chi connectivity index (χ3v) is 6.57. The predicted molar refractivity (Wildman–Crippen MR) is 110 cm³/mol. The molecule has 7 nitrogen and oxygen atoms in total. The number of ether oxygens (including phenoxy) is 1. The number of fused-ring (bicyclic) bond motifs is 1. The monoisotopic (exact) mass is 397 g/mol. The van der Waals surface area contributed by atoms with Crippen LogP contribution in [0.4, 0.5) is 4.79 Å². The molecule has 1 fully saturated rings. The van der Waals surface area contributed by atoms with Crippen LogP contribution in [0.5, 0.6) is 0 Å². The summed E-state index contributed by atoms with van der Waals surface area (Å²) in [4.78, 5) is 14.5. The Balaban J connectivity index is 1.26. The van der Waals surface area contributed by atoms with E-state index in [-0.39, 0.29) is 6.03 Å². The number of amides is 2. The van der Waals surface area contributed by atoms with Gasteiger partial charge in [-0.15, -0.1) is 10.2 Å². The van der Waals surface area contributed by atoms with Crippen LogP contribution in [0.2, 0.25) is 0 Å². The Hall–Kier alpha value is -2.41. The summed E-state index contributed by atoms with van der Waals surface area (Å²) in [7, 11) is 1.69. The Labute approximate surface area is 172 Å². The molecule has 0 atom stereocenters. The number of piperidine rings is 1. The summed E-state index contributed by atoms with van der Waals surface area (Å²) in [6.45, 7) is 3.81. The quantitative estimate of drug-likeness (QED) is 0.842. The molecule has 0 bridgehead atoms. The average molecular weight is 398 g/mol. The second-order valence-electron chi connectivity index (χ2n) is 8.32. The molecule has 1 spiro atoms. The molecule has 1 N–H and O–H groups in total. The van der Waals surface area contributed by atoms with Gasteiger partial charge in [-0.05, 0) is 43.1 Å². The Bertz CT molecular complexity index is 812. The molecule has 3 heterocycles. The highest BCUT2D eigenvalue weighted by Crippen LogP contribution is 2.41. The summed E-state index contributed by atoms with van der Waals surface area (Å²) < 4.78 is 7.49. The molecule has 7 heteroatoms. The first-order chi connectivity index (χ1) is 14.2. The van der Waals surface area contributed by atoms with Crippen molar-refractivity contribution in [2.75, 3.05) is 26.7 Å². The average Bonchev–Trinajstić information content (AvgIpc) is 3.05. The van der Waals surface area contributed by atoms with Gasteiger partial charge in [0.25, 0.3) is 0 Å². The van der Waals surface area contributed by atoms with Gasteiger partial charge in [0.2, 0.25) is 0 Å². The smallest absolute Gasteiger partial charge is 0.317 e. The first-order valence-electron chi connectivity index (χ1n) is 10.7. The normalized spacial score (nSPS) is 18.3. The lowest BCUT2D eigenvalue weighted by Gasteiger charge is -2.41. The van der Waals surface area contributed by atoms with E-state index in [9.17, 15) is 4.79 Å². The Morgan fingerprint density at radius 3 is 2.62 bits per heavy atom. The van der Waals surface area contributed by atoms with Crippen molar-refractivity contribution in [3.8, 4) is 0 Å². The molecule has 1 aromatic heterocycles. The largest absolute Gasteiger partial charge is 0.377 e. The van der Waals surface area contributed by atoms with Crippen molar-refractivity contribution in [3.63, 3.8) is 0 Å². The fourth-order valence-corrected chi connectivity index (χ4v) is 4.66. The van der Waals surface area contributed by atoms with E-state index in [2.05, 4.69) is 32.2 Å². The van der Waals surface area contributed by atoms with Crippen LogP contribution in [0.15, 0.2) is 30.3 Å². The number of aryl methyl sites for hydroxylation is 1. The number of carbonyl (C=O) groups excluding carboxylic acids is 1. The van der Waals surface area contributed by atoms with Gasteiger partial charge in [0, 0.05) is 39.7 Å².